The molecule has 1 saturated heterocycles. The maximum Gasteiger partial charge on any atom is 0.435 e. The van der Waals surface area contributed by atoms with Crippen LogP contribution in [0, 0.1) is 0 Å². The normalized spacial score (nSPS) is 29.1. The van der Waals surface area contributed by atoms with E-state index in [4.69, 9.17) is 9.47 Å². The molecule has 0 radical (unpaired) electrons. The third-order valence-corrected chi connectivity index (χ3v) is 4.24. The number of halogens is 3. The van der Waals surface area contributed by atoms with Gasteiger partial charge in [0.2, 0.25) is 0 Å². The maximum atomic E-state index is 12.7. The molecule has 2 atom stereocenters. The van der Waals surface area contributed by atoms with E-state index in [0.29, 0.717) is 19.6 Å². The number of hydrogen-bond acceptors (Lipinski definition) is 4. The van der Waals surface area contributed by atoms with Crippen LogP contribution in [0.25, 0.3) is 0 Å². The molecule has 1 spiro atoms. The standard InChI is InChI=1S/C13H18F3N3O2/c1-17-9-2-4-12(20-6-7-21-12)8-10(9)19-5-3-11(18-19)13(14,15)16/h3,5,9-10,17H,2,4,6-8H2,1H3. The molecule has 1 aromatic heterocycles. The fraction of sp³-hybridized carbons (Fsp3) is 0.769. The first kappa shape index (κ1) is 14.8. The number of aromatic nitrogens is 2. The molecule has 2 heterocycles. The molecule has 0 aromatic carbocycles. The van der Waals surface area contributed by atoms with Gasteiger partial charge in [0.05, 0.1) is 19.3 Å². The van der Waals surface area contributed by atoms with Gasteiger partial charge in [0, 0.05) is 25.1 Å². The van der Waals surface area contributed by atoms with E-state index >= 15 is 0 Å². The van der Waals surface area contributed by atoms with Crippen LogP contribution in [0.5, 0.6) is 0 Å². The largest absolute Gasteiger partial charge is 0.435 e. The van der Waals surface area contributed by atoms with E-state index in [1.807, 2.05) is 0 Å². The van der Waals surface area contributed by atoms with Crippen LogP contribution >= 0.6 is 0 Å². The van der Waals surface area contributed by atoms with Gasteiger partial charge in [-0.2, -0.15) is 18.3 Å². The Morgan fingerprint density at radius 1 is 1.38 bits per heavy atom. The van der Waals surface area contributed by atoms with Gasteiger partial charge in [-0.15, -0.1) is 0 Å². The van der Waals surface area contributed by atoms with E-state index in [1.165, 1.54) is 10.9 Å². The van der Waals surface area contributed by atoms with Crippen LogP contribution in [0.1, 0.15) is 31.0 Å². The van der Waals surface area contributed by atoms with Crippen molar-refractivity contribution in [2.45, 2.75) is 43.3 Å². The van der Waals surface area contributed by atoms with Gasteiger partial charge in [-0.25, -0.2) is 0 Å². The monoisotopic (exact) mass is 305 g/mol. The van der Waals surface area contributed by atoms with Crippen LogP contribution in [0.2, 0.25) is 0 Å². The lowest BCUT2D eigenvalue weighted by Crippen LogP contribution is -2.48. The molecule has 2 fully saturated rings. The molecular weight excluding hydrogens is 287 g/mol. The second kappa shape index (κ2) is 5.26. The second-order valence-electron chi connectivity index (χ2n) is 5.49. The van der Waals surface area contributed by atoms with Crippen molar-refractivity contribution in [1.82, 2.24) is 15.1 Å². The number of hydrogen-bond donors (Lipinski definition) is 1. The number of ether oxygens (including phenoxy) is 2. The van der Waals surface area contributed by atoms with Gasteiger partial charge in [-0.3, -0.25) is 4.68 Å². The van der Waals surface area contributed by atoms with Crippen LogP contribution in [-0.4, -0.2) is 41.9 Å². The lowest BCUT2D eigenvalue weighted by atomic mass is 9.85. The average Bonchev–Trinajstić information content (AvgIpc) is 3.07. The van der Waals surface area contributed by atoms with Gasteiger partial charge < -0.3 is 14.8 Å². The van der Waals surface area contributed by atoms with E-state index in [-0.39, 0.29) is 12.1 Å². The fourth-order valence-corrected chi connectivity index (χ4v) is 3.18. The Morgan fingerprint density at radius 2 is 2.10 bits per heavy atom. The van der Waals surface area contributed by atoms with E-state index in [0.717, 1.165) is 18.9 Å². The predicted octanol–water partition coefficient (Wildman–Crippen LogP) is 1.96. The zero-order valence-electron chi connectivity index (χ0n) is 11.7. The Morgan fingerprint density at radius 3 is 2.67 bits per heavy atom. The van der Waals surface area contributed by atoms with Crippen molar-refractivity contribution in [3.8, 4) is 0 Å². The topological polar surface area (TPSA) is 48.3 Å². The van der Waals surface area contributed by atoms with Crippen molar-refractivity contribution in [2.75, 3.05) is 20.3 Å². The van der Waals surface area contributed by atoms with Gasteiger partial charge >= 0.3 is 6.18 Å². The third kappa shape index (κ3) is 2.79. The lowest BCUT2D eigenvalue weighted by Gasteiger charge is -2.41. The molecule has 1 aliphatic heterocycles. The molecule has 3 rings (SSSR count). The minimum atomic E-state index is -4.42. The molecule has 118 valence electrons. The van der Waals surface area contributed by atoms with Crippen LogP contribution in [0.4, 0.5) is 13.2 Å². The number of likely N-dealkylation sites (N-methyl/N-ethyl adjacent to an activating group) is 1. The predicted molar refractivity (Wildman–Crippen MR) is 67.6 cm³/mol. The van der Waals surface area contributed by atoms with Gasteiger partial charge in [0.1, 0.15) is 0 Å². The summed E-state index contributed by atoms with van der Waals surface area (Å²) in [5.74, 6) is -0.664. The lowest BCUT2D eigenvalue weighted by molar-refractivity contribution is -0.189. The minimum absolute atomic E-state index is 0.0457. The van der Waals surface area contributed by atoms with Gasteiger partial charge in [-0.05, 0) is 19.5 Å². The highest BCUT2D eigenvalue weighted by Gasteiger charge is 2.46. The molecule has 0 bridgehead atoms. The van der Waals surface area contributed by atoms with Gasteiger partial charge in [-0.1, -0.05) is 0 Å². The Balaban J connectivity index is 1.84. The molecular formula is C13H18F3N3O2. The zero-order chi connectivity index (χ0) is 15.1. The Labute approximate surface area is 120 Å². The SMILES string of the molecule is CNC1CCC2(CC1n1ccc(C(F)(F)F)n1)OCCO2. The summed E-state index contributed by atoms with van der Waals surface area (Å²) in [7, 11) is 1.81. The van der Waals surface area contributed by atoms with Crippen LogP contribution < -0.4 is 5.32 Å². The first-order valence-corrected chi connectivity index (χ1v) is 7.01. The Hall–Kier alpha value is -1.12. The van der Waals surface area contributed by atoms with Crippen LogP contribution in [0.15, 0.2) is 12.3 Å². The van der Waals surface area contributed by atoms with Crippen molar-refractivity contribution in [2.24, 2.45) is 0 Å². The first-order chi connectivity index (χ1) is 9.93. The summed E-state index contributed by atoms with van der Waals surface area (Å²) in [6.45, 7) is 1.06. The van der Waals surface area contributed by atoms with Crippen molar-refractivity contribution >= 4 is 0 Å². The van der Waals surface area contributed by atoms with E-state index in [1.54, 1.807) is 7.05 Å². The summed E-state index contributed by atoms with van der Waals surface area (Å²) in [6.07, 6.45) is -1.04. The molecule has 0 amide bonds. The van der Waals surface area contributed by atoms with E-state index in [9.17, 15) is 13.2 Å². The van der Waals surface area contributed by atoms with Gasteiger partial charge in [0.25, 0.3) is 0 Å². The van der Waals surface area contributed by atoms with Crippen molar-refractivity contribution in [3.63, 3.8) is 0 Å². The molecule has 5 nitrogen and oxygen atoms in total. The molecule has 21 heavy (non-hydrogen) atoms. The summed E-state index contributed by atoms with van der Waals surface area (Å²) in [5.41, 5.74) is -0.870. The number of alkyl halides is 3. The summed E-state index contributed by atoms with van der Waals surface area (Å²) < 4.78 is 50.9. The summed E-state index contributed by atoms with van der Waals surface area (Å²) in [5, 5.41) is 6.85. The van der Waals surface area contributed by atoms with Crippen LogP contribution in [-0.2, 0) is 15.7 Å². The highest BCUT2D eigenvalue weighted by molar-refractivity contribution is 5.05. The smallest absolute Gasteiger partial charge is 0.347 e. The fourth-order valence-electron chi connectivity index (χ4n) is 3.18. The van der Waals surface area contributed by atoms with Crippen LogP contribution in [0.3, 0.4) is 0 Å². The van der Waals surface area contributed by atoms with Crippen molar-refractivity contribution in [3.05, 3.63) is 18.0 Å². The highest BCUT2D eigenvalue weighted by Crippen LogP contribution is 2.41. The quantitative estimate of drug-likeness (QED) is 0.907. The minimum Gasteiger partial charge on any atom is -0.347 e. The molecule has 2 unspecified atom stereocenters. The molecule has 8 heteroatoms. The van der Waals surface area contributed by atoms with Crippen molar-refractivity contribution in [1.29, 1.82) is 0 Å². The van der Waals surface area contributed by atoms with E-state index < -0.39 is 17.7 Å². The zero-order valence-corrected chi connectivity index (χ0v) is 11.7. The third-order valence-electron chi connectivity index (χ3n) is 4.24. The number of nitrogens with one attached hydrogen (secondary N) is 1. The van der Waals surface area contributed by atoms with E-state index in [2.05, 4.69) is 10.4 Å². The number of rotatable bonds is 2. The summed E-state index contributed by atoms with van der Waals surface area (Å²) in [6, 6.07) is 0.826. The molecule has 1 aromatic rings. The second-order valence-corrected chi connectivity index (χ2v) is 5.49. The first-order valence-electron chi connectivity index (χ1n) is 7.01. The Bertz CT molecular complexity index is 497. The summed E-state index contributed by atoms with van der Waals surface area (Å²) >= 11 is 0. The molecule has 2 aliphatic rings. The molecule has 1 aliphatic carbocycles. The molecule has 1 N–H and O–H groups in total. The highest BCUT2D eigenvalue weighted by atomic mass is 19.4. The number of nitrogens with zero attached hydrogens (tertiary/aromatic N) is 2. The Kier molecular flexibility index (Phi) is 3.71. The van der Waals surface area contributed by atoms with Gasteiger partial charge in [0.15, 0.2) is 11.5 Å². The maximum absolute atomic E-state index is 12.7. The summed E-state index contributed by atoms with van der Waals surface area (Å²) in [4.78, 5) is 0. The molecule has 1 saturated carbocycles. The average molecular weight is 305 g/mol. The van der Waals surface area contributed by atoms with Crippen molar-refractivity contribution < 1.29 is 22.6 Å².